The summed E-state index contributed by atoms with van der Waals surface area (Å²) in [6.07, 6.45) is -4.62. The van der Waals surface area contributed by atoms with Crippen LogP contribution in [0, 0.1) is 0 Å². The van der Waals surface area contributed by atoms with Crippen LogP contribution in [0.25, 0.3) is 10.9 Å². The molecular formula is C11H7BrF3NO. The molecule has 1 aromatic carbocycles. The van der Waals surface area contributed by atoms with E-state index in [0.29, 0.717) is 15.4 Å². The van der Waals surface area contributed by atoms with E-state index in [9.17, 15) is 18.0 Å². The van der Waals surface area contributed by atoms with Gasteiger partial charge in [0.2, 0.25) is 0 Å². The first-order chi connectivity index (χ1) is 7.88. The van der Waals surface area contributed by atoms with Crippen molar-refractivity contribution < 1.29 is 18.0 Å². The van der Waals surface area contributed by atoms with Crippen molar-refractivity contribution >= 4 is 32.6 Å². The normalized spacial score (nSPS) is 12.0. The predicted molar refractivity (Wildman–Crippen MR) is 61.0 cm³/mol. The van der Waals surface area contributed by atoms with E-state index in [1.54, 1.807) is 18.2 Å². The van der Waals surface area contributed by atoms with Crippen molar-refractivity contribution in [2.24, 2.45) is 0 Å². The molecule has 1 aromatic heterocycles. The van der Waals surface area contributed by atoms with E-state index < -0.39 is 18.4 Å². The number of hydrogen-bond acceptors (Lipinski definition) is 1. The minimum Gasteiger partial charge on any atom is -0.360 e. The van der Waals surface area contributed by atoms with Crippen LogP contribution >= 0.6 is 15.9 Å². The van der Waals surface area contributed by atoms with E-state index >= 15 is 0 Å². The molecule has 0 unspecified atom stereocenters. The van der Waals surface area contributed by atoms with Gasteiger partial charge in [-0.25, -0.2) is 0 Å². The van der Waals surface area contributed by atoms with Gasteiger partial charge in [0.1, 0.15) is 6.42 Å². The Balaban J connectivity index is 2.46. The number of halogens is 4. The standard InChI is InChI=1S/C11H7BrF3NO/c12-7-2-1-3-8-10(7)6(5-16-8)9(17)4-11(13,14)15/h1-3,5,16H,4H2. The van der Waals surface area contributed by atoms with Crippen LogP contribution in [0.1, 0.15) is 16.8 Å². The average Bonchev–Trinajstić information content (AvgIpc) is 2.60. The van der Waals surface area contributed by atoms with Gasteiger partial charge in [0.15, 0.2) is 5.78 Å². The van der Waals surface area contributed by atoms with Crippen LogP contribution < -0.4 is 0 Å². The average molecular weight is 306 g/mol. The molecule has 0 aliphatic carbocycles. The molecule has 0 radical (unpaired) electrons. The third-order valence-corrected chi connectivity index (χ3v) is 2.98. The second-order valence-corrected chi connectivity index (χ2v) is 4.43. The van der Waals surface area contributed by atoms with Gasteiger partial charge in [-0.3, -0.25) is 4.79 Å². The van der Waals surface area contributed by atoms with Gasteiger partial charge in [-0.2, -0.15) is 13.2 Å². The number of rotatable bonds is 2. The highest BCUT2D eigenvalue weighted by atomic mass is 79.9. The number of Topliss-reactive ketones (excluding diaryl/α,β-unsaturated/α-hetero) is 1. The first-order valence-electron chi connectivity index (χ1n) is 4.74. The summed E-state index contributed by atoms with van der Waals surface area (Å²) in [7, 11) is 0. The van der Waals surface area contributed by atoms with Crippen molar-refractivity contribution in [3.8, 4) is 0 Å². The number of aromatic nitrogens is 1. The topological polar surface area (TPSA) is 32.9 Å². The molecule has 17 heavy (non-hydrogen) atoms. The second-order valence-electron chi connectivity index (χ2n) is 3.58. The van der Waals surface area contributed by atoms with Gasteiger partial charge in [0.05, 0.1) is 0 Å². The highest BCUT2D eigenvalue weighted by Gasteiger charge is 2.32. The smallest absolute Gasteiger partial charge is 0.360 e. The van der Waals surface area contributed by atoms with Crippen molar-refractivity contribution in [2.75, 3.05) is 0 Å². The Kier molecular flexibility index (Phi) is 2.99. The first-order valence-corrected chi connectivity index (χ1v) is 5.53. The lowest BCUT2D eigenvalue weighted by molar-refractivity contribution is -0.125. The number of hydrogen-bond donors (Lipinski definition) is 1. The van der Waals surface area contributed by atoms with Crippen LogP contribution in [0.3, 0.4) is 0 Å². The van der Waals surface area contributed by atoms with Crippen molar-refractivity contribution in [1.82, 2.24) is 4.98 Å². The maximum Gasteiger partial charge on any atom is 0.396 e. The summed E-state index contributed by atoms with van der Waals surface area (Å²) in [5.41, 5.74) is 0.690. The summed E-state index contributed by atoms with van der Waals surface area (Å²) in [6.45, 7) is 0. The molecule has 90 valence electrons. The molecule has 1 heterocycles. The van der Waals surface area contributed by atoms with Gasteiger partial charge >= 0.3 is 6.18 Å². The van der Waals surface area contributed by atoms with Crippen LogP contribution in [-0.4, -0.2) is 16.9 Å². The number of aromatic amines is 1. The summed E-state index contributed by atoms with van der Waals surface area (Å²) in [6, 6.07) is 5.12. The Hall–Kier alpha value is -1.30. The van der Waals surface area contributed by atoms with E-state index in [0.717, 1.165) is 0 Å². The lowest BCUT2D eigenvalue weighted by Gasteiger charge is -2.04. The zero-order valence-corrected chi connectivity index (χ0v) is 10.0. The number of benzene rings is 1. The van der Waals surface area contributed by atoms with Gasteiger partial charge < -0.3 is 4.98 Å². The van der Waals surface area contributed by atoms with E-state index in [1.807, 2.05) is 0 Å². The van der Waals surface area contributed by atoms with Gasteiger partial charge in [0, 0.05) is 27.1 Å². The predicted octanol–water partition coefficient (Wildman–Crippen LogP) is 4.07. The summed E-state index contributed by atoms with van der Waals surface area (Å²) >= 11 is 3.22. The fourth-order valence-electron chi connectivity index (χ4n) is 1.64. The molecule has 6 heteroatoms. The number of H-pyrrole nitrogens is 1. The van der Waals surface area contributed by atoms with Crippen LogP contribution in [0.4, 0.5) is 13.2 Å². The summed E-state index contributed by atoms with van der Waals surface area (Å²) in [5, 5.41) is 0.488. The molecule has 0 aliphatic rings. The summed E-state index contributed by atoms with van der Waals surface area (Å²) in [4.78, 5) is 14.3. The Bertz CT molecular complexity index is 574. The molecule has 0 aliphatic heterocycles. The molecule has 0 saturated heterocycles. The highest BCUT2D eigenvalue weighted by Crippen LogP contribution is 2.30. The molecule has 0 saturated carbocycles. The van der Waals surface area contributed by atoms with Gasteiger partial charge in [-0.1, -0.05) is 22.0 Å². The number of carbonyl (C=O) groups is 1. The molecule has 2 aromatic rings. The number of carbonyl (C=O) groups excluding carboxylic acids is 1. The molecule has 0 amide bonds. The lowest BCUT2D eigenvalue weighted by Crippen LogP contribution is -2.14. The van der Waals surface area contributed by atoms with Crippen LogP contribution in [-0.2, 0) is 0 Å². The Morgan fingerprint density at radius 1 is 1.35 bits per heavy atom. The largest absolute Gasteiger partial charge is 0.396 e. The maximum absolute atomic E-state index is 12.2. The van der Waals surface area contributed by atoms with Crippen molar-refractivity contribution in [1.29, 1.82) is 0 Å². The minimum atomic E-state index is -4.48. The third kappa shape index (κ3) is 2.52. The van der Waals surface area contributed by atoms with Crippen LogP contribution in [0.2, 0.25) is 0 Å². The molecule has 0 atom stereocenters. The zero-order valence-electron chi connectivity index (χ0n) is 8.44. The highest BCUT2D eigenvalue weighted by molar-refractivity contribution is 9.10. The fourth-order valence-corrected chi connectivity index (χ4v) is 2.22. The Morgan fingerprint density at radius 2 is 2.06 bits per heavy atom. The minimum absolute atomic E-state index is 0.0600. The molecule has 0 bridgehead atoms. The Labute approximate surface area is 103 Å². The van der Waals surface area contributed by atoms with E-state index in [4.69, 9.17) is 0 Å². The quantitative estimate of drug-likeness (QED) is 0.834. The van der Waals surface area contributed by atoms with Crippen molar-refractivity contribution in [3.05, 3.63) is 34.4 Å². The molecule has 2 nitrogen and oxygen atoms in total. The summed E-state index contributed by atoms with van der Waals surface area (Å²) < 4.78 is 37.1. The summed E-state index contributed by atoms with van der Waals surface area (Å²) in [5.74, 6) is -0.935. The molecule has 2 rings (SSSR count). The van der Waals surface area contributed by atoms with Crippen LogP contribution in [0.15, 0.2) is 28.9 Å². The van der Waals surface area contributed by atoms with Gasteiger partial charge in [-0.15, -0.1) is 0 Å². The number of alkyl halides is 3. The van der Waals surface area contributed by atoms with E-state index in [-0.39, 0.29) is 5.56 Å². The monoisotopic (exact) mass is 305 g/mol. The SMILES string of the molecule is O=C(CC(F)(F)F)c1c[nH]c2cccc(Br)c12. The Morgan fingerprint density at radius 3 is 2.71 bits per heavy atom. The maximum atomic E-state index is 12.2. The van der Waals surface area contributed by atoms with Gasteiger partial charge in [-0.05, 0) is 12.1 Å². The second kappa shape index (κ2) is 4.18. The lowest BCUT2D eigenvalue weighted by atomic mass is 10.1. The van der Waals surface area contributed by atoms with E-state index in [2.05, 4.69) is 20.9 Å². The van der Waals surface area contributed by atoms with E-state index in [1.165, 1.54) is 6.20 Å². The number of fused-ring (bicyclic) bond motifs is 1. The number of ketones is 1. The van der Waals surface area contributed by atoms with Crippen molar-refractivity contribution in [2.45, 2.75) is 12.6 Å². The molecular weight excluding hydrogens is 299 g/mol. The van der Waals surface area contributed by atoms with Crippen LogP contribution in [0.5, 0.6) is 0 Å². The fraction of sp³-hybridized carbons (Fsp3) is 0.182. The van der Waals surface area contributed by atoms with Gasteiger partial charge in [0.25, 0.3) is 0 Å². The zero-order chi connectivity index (χ0) is 12.6. The molecule has 0 spiro atoms. The third-order valence-electron chi connectivity index (χ3n) is 2.32. The molecule has 1 N–H and O–H groups in total. The molecule has 0 fully saturated rings. The number of nitrogens with one attached hydrogen (secondary N) is 1. The van der Waals surface area contributed by atoms with Crippen molar-refractivity contribution in [3.63, 3.8) is 0 Å². The first kappa shape index (κ1) is 12.2.